The van der Waals surface area contributed by atoms with Crippen molar-refractivity contribution in [2.45, 2.75) is 12.8 Å². The minimum Gasteiger partial charge on any atom is -0.298 e. The molecule has 6 rings (SSSR count). The smallest absolute Gasteiger partial charge is 0.272 e. The van der Waals surface area contributed by atoms with Crippen LogP contribution in [0.2, 0.25) is 0 Å². The third-order valence-corrected chi connectivity index (χ3v) is 5.78. The van der Waals surface area contributed by atoms with E-state index in [1.807, 2.05) is 60.7 Å². The Hall–Kier alpha value is -2.76. The van der Waals surface area contributed by atoms with Gasteiger partial charge in [-0.1, -0.05) is 48.5 Å². The van der Waals surface area contributed by atoms with Crippen molar-refractivity contribution in [3.8, 4) is 11.3 Å². The Kier molecular flexibility index (Phi) is 5.60. The van der Waals surface area contributed by atoms with E-state index in [-0.39, 0.29) is 18.3 Å². The second kappa shape index (κ2) is 8.31. The fraction of sp³-hybridized carbons (Fsp3) is 0.261. The summed E-state index contributed by atoms with van der Waals surface area (Å²) < 4.78 is 0. The zero-order valence-electron chi connectivity index (χ0n) is 16.0. The Morgan fingerprint density at radius 3 is 2.48 bits per heavy atom. The van der Waals surface area contributed by atoms with Crippen LogP contribution in [0.15, 0.2) is 65.8 Å². The van der Waals surface area contributed by atoms with E-state index in [9.17, 15) is 4.79 Å². The Labute approximate surface area is 176 Å². The summed E-state index contributed by atoms with van der Waals surface area (Å²) in [6.45, 7) is 3.16. The molecule has 0 saturated carbocycles. The van der Waals surface area contributed by atoms with Gasteiger partial charge in [-0.25, -0.2) is 10.4 Å². The van der Waals surface area contributed by atoms with Crippen LogP contribution in [-0.2, 0) is 0 Å². The number of nitrogens with zero attached hydrogens (tertiary/aromatic N) is 3. The molecule has 3 fully saturated rings. The number of benzene rings is 2. The highest BCUT2D eigenvalue weighted by molar-refractivity contribution is 6.07. The molecule has 29 heavy (non-hydrogen) atoms. The van der Waals surface area contributed by atoms with E-state index in [0.29, 0.717) is 11.5 Å². The lowest BCUT2D eigenvalue weighted by Gasteiger charge is -2.39. The minimum absolute atomic E-state index is 0. The number of halogens is 1. The molecule has 3 aromatic rings. The van der Waals surface area contributed by atoms with Crippen LogP contribution in [0.1, 0.15) is 23.2 Å². The summed E-state index contributed by atoms with van der Waals surface area (Å²) in [6.07, 6.45) is 2.29. The van der Waals surface area contributed by atoms with Gasteiger partial charge in [-0.15, -0.1) is 12.4 Å². The third-order valence-electron chi connectivity index (χ3n) is 5.78. The largest absolute Gasteiger partial charge is 0.298 e. The Balaban J connectivity index is 0.00000205. The van der Waals surface area contributed by atoms with Gasteiger partial charge in [-0.2, -0.15) is 5.10 Å². The molecule has 1 amide bonds. The molecule has 1 N–H and O–H groups in total. The number of nitrogens with one attached hydrogen (secondary N) is 1. The topological polar surface area (TPSA) is 57.6 Å². The van der Waals surface area contributed by atoms with E-state index in [1.165, 1.54) is 0 Å². The molecule has 2 aromatic carbocycles. The quantitative estimate of drug-likeness (QED) is 0.665. The summed E-state index contributed by atoms with van der Waals surface area (Å²) >= 11 is 0. The van der Waals surface area contributed by atoms with Gasteiger partial charge < -0.3 is 0 Å². The summed E-state index contributed by atoms with van der Waals surface area (Å²) in [6, 6.07) is 19.6. The van der Waals surface area contributed by atoms with Crippen LogP contribution in [-0.4, -0.2) is 41.1 Å². The number of pyridine rings is 1. The van der Waals surface area contributed by atoms with Crippen molar-refractivity contribution in [3.63, 3.8) is 0 Å². The van der Waals surface area contributed by atoms with Crippen molar-refractivity contribution in [1.82, 2.24) is 15.3 Å². The van der Waals surface area contributed by atoms with Crippen LogP contribution < -0.4 is 5.43 Å². The maximum Gasteiger partial charge on any atom is 0.272 e. The number of carbonyl (C=O) groups excluding carboxylic acids is 1. The lowest BCUT2D eigenvalue weighted by Crippen LogP contribution is -2.48. The minimum atomic E-state index is -0.181. The molecule has 0 radical (unpaired) electrons. The average Bonchev–Trinajstić information content (AvgIpc) is 2.78. The number of para-hydroxylation sites is 1. The van der Waals surface area contributed by atoms with E-state index < -0.39 is 0 Å². The number of hydrazone groups is 1. The van der Waals surface area contributed by atoms with Crippen LogP contribution in [0.4, 0.5) is 0 Å². The average molecular weight is 407 g/mol. The number of carbonyl (C=O) groups is 1. The van der Waals surface area contributed by atoms with Gasteiger partial charge in [0, 0.05) is 23.4 Å². The monoisotopic (exact) mass is 406 g/mol. The second-order valence-corrected chi connectivity index (χ2v) is 7.53. The zero-order chi connectivity index (χ0) is 18.9. The molecule has 4 heterocycles. The van der Waals surface area contributed by atoms with E-state index in [4.69, 9.17) is 4.98 Å². The fourth-order valence-corrected chi connectivity index (χ4v) is 4.21. The van der Waals surface area contributed by atoms with Gasteiger partial charge in [-0.3, -0.25) is 9.69 Å². The highest BCUT2D eigenvalue weighted by Crippen LogP contribution is 2.26. The first-order valence-corrected chi connectivity index (χ1v) is 9.82. The van der Waals surface area contributed by atoms with Gasteiger partial charge in [0.25, 0.3) is 5.91 Å². The molecule has 3 aliphatic rings. The summed E-state index contributed by atoms with van der Waals surface area (Å²) in [5.41, 5.74) is 7.12. The Morgan fingerprint density at radius 1 is 1.03 bits per heavy atom. The number of piperidine rings is 3. The lowest BCUT2D eigenvalue weighted by molar-refractivity contribution is 0.0955. The molecule has 5 nitrogen and oxygen atoms in total. The Morgan fingerprint density at radius 2 is 1.76 bits per heavy atom. The van der Waals surface area contributed by atoms with Crippen LogP contribution in [0.25, 0.3) is 22.2 Å². The molecule has 0 atom stereocenters. The highest BCUT2D eigenvalue weighted by atomic mass is 35.5. The fourth-order valence-electron chi connectivity index (χ4n) is 4.21. The SMILES string of the molecule is Cl.O=C(N/N=C1/CN2CCC1CC2)c1cc(-c2ccccc2)nc2ccccc12. The van der Waals surface area contributed by atoms with Crippen molar-refractivity contribution >= 4 is 34.9 Å². The lowest BCUT2D eigenvalue weighted by atomic mass is 9.87. The highest BCUT2D eigenvalue weighted by Gasteiger charge is 2.31. The number of hydrogen-bond acceptors (Lipinski definition) is 4. The van der Waals surface area contributed by atoms with Crippen LogP contribution in [0, 0.1) is 5.92 Å². The van der Waals surface area contributed by atoms with Crippen LogP contribution >= 0.6 is 12.4 Å². The maximum atomic E-state index is 13.0. The second-order valence-electron chi connectivity index (χ2n) is 7.53. The molecule has 2 bridgehead atoms. The molecular weight excluding hydrogens is 384 g/mol. The van der Waals surface area contributed by atoms with Crippen molar-refractivity contribution in [2.75, 3.05) is 19.6 Å². The number of amides is 1. The molecule has 0 aliphatic carbocycles. The molecule has 0 spiro atoms. The first-order chi connectivity index (χ1) is 13.8. The van der Waals surface area contributed by atoms with Gasteiger partial charge in [0.05, 0.1) is 22.5 Å². The van der Waals surface area contributed by atoms with Crippen molar-refractivity contribution in [2.24, 2.45) is 11.0 Å². The van der Waals surface area contributed by atoms with Gasteiger partial charge in [0.1, 0.15) is 0 Å². The molecule has 0 unspecified atom stereocenters. The predicted molar refractivity (Wildman–Crippen MR) is 118 cm³/mol. The molecular formula is C23H23ClN4O. The molecule has 1 aromatic heterocycles. The number of rotatable bonds is 3. The zero-order valence-corrected chi connectivity index (χ0v) is 16.9. The van der Waals surface area contributed by atoms with Gasteiger partial charge in [0.15, 0.2) is 0 Å². The summed E-state index contributed by atoms with van der Waals surface area (Å²) in [4.78, 5) is 20.2. The van der Waals surface area contributed by atoms with Crippen molar-refractivity contribution in [3.05, 3.63) is 66.2 Å². The number of hydrogen-bond donors (Lipinski definition) is 1. The van der Waals surface area contributed by atoms with E-state index in [2.05, 4.69) is 15.4 Å². The maximum absolute atomic E-state index is 13.0. The van der Waals surface area contributed by atoms with E-state index >= 15 is 0 Å². The normalized spacial score (nSPS) is 21.7. The van der Waals surface area contributed by atoms with Crippen LogP contribution in [0.5, 0.6) is 0 Å². The first kappa shape index (κ1) is 19.6. The van der Waals surface area contributed by atoms with Crippen molar-refractivity contribution < 1.29 is 4.79 Å². The molecule has 6 heteroatoms. The third kappa shape index (κ3) is 3.88. The van der Waals surface area contributed by atoms with Gasteiger partial charge >= 0.3 is 0 Å². The first-order valence-electron chi connectivity index (χ1n) is 9.82. The van der Waals surface area contributed by atoms with Gasteiger partial charge in [-0.05, 0) is 38.1 Å². The standard InChI is InChI=1S/C23H22N4O.ClH/c28-23(26-25-22-15-27-12-10-17(22)11-13-27)19-14-21(16-6-2-1-3-7-16)24-20-9-5-4-8-18(19)20;/h1-9,14,17H,10-13,15H2,(H,26,28);1H/b25-22-;. The molecule has 148 valence electrons. The van der Waals surface area contributed by atoms with E-state index in [0.717, 1.165) is 60.3 Å². The van der Waals surface area contributed by atoms with Crippen LogP contribution in [0.3, 0.4) is 0 Å². The number of fused-ring (bicyclic) bond motifs is 4. The van der Waals surface area contributed by atoms with Crippen molar-refractivity contribution in [1.29, 1.82) is 0 Å². The van der Waals surface area contributed by atoms with E-state index in [1.54, 1.807) is 0 Å². The predicted octanol–water partition coefficient (Wildman–Crippen LogP) is 4.14. The Bertz CT molecular complexity index is 1060. The number of aromatic nitrogens is 1. The summed E-state index contributed by atoms with van der Waals surface area (Å²) in [7, 11) is 0. The molecule has 3 aliphatic heterocycles. The van der Waals surface area contributed by atoms with Gasteiger partial charge in [0.2, 0.25) is 0 Å². The molecule has 3 saturated heterocycles. The summed E-state index contributed by atoms with van der Waals surface area (Å²) in [5, 5.41) is 5.35. The summed E-state index contributed by atoms with van der Waals surface area (Å²) in [5.74, 6) is 0.332.